The highest BCUT2D eigenvalue weighted by molar-refractivity contribution is 6.31. The van der Waals surface area contributed by atoms with Crippen molar-refractivity contribution in [3.8, 4) is 16.9 Å². The third-order valence-corrected chi connectivity index (χ3v) is 7.57. The monoisotopic (exact) mass is 514 g/mol. The summed E-state index contributed by atoms with van der Waals surface area (Å²) >= 11 is 6.12. The number of fused-ring (bicyclic) bond motifs is 2. The molecule has 3 aromatic heterocycles. The molecule has 0 radical (unpaired) electrons. The number of nitrogens with one attached hydrogen (secondary N) is 2. The van der Waals surface area contributed by atoms with Crippen LogP contribution >= 0.6 is 11.6 Å². The van der Waals surface area contributed by atoms with E-state index < -0.39 is 5.82 Å². The second-order valence-corrected chi connectivity index (χ2v) is 9.75. The van der Waals surface area contributed by atoms with E-state index >= 15 is 4.39 Å². The summed E-state index contributed by atoms with van der Waals surface area (Å²) in [6.45, 7) is 0. The van der Waals surface area contributed by atoms with Crippen LogP contribution in [0.25, 0.3) is 33.4 Å². The Labute approximate surface area is 215 Å². The van der Waals surface area contributed by atoms with Crippen molar-refractivity contribution in [3.63, 3.8) is 0 Å². The van der Waals surface area contributed by atoms with Crippen molar-refractivity contribution in [3.05, 3.63) is 83.4 Å². The first-order valence-electron chi connectivity index (χ1n) is 11.9. The van der Waals surface area contributed by atoms with Gasteiger partial charge in [-0.15, -0.1) is 5.10 Å². The number of tetrazole rings is 1. The lowest BCUT2D eigenvalue weighted by Crippen LogP contribution is -2.39. The van der Waals surface area contributed by atoms with E-state index in [9.17, 15) is 4.79 Å². The second kappa shape index (κ2) is 8.38. The summed E-state index contributed by atoms with van der Waals surface area (Å²) in [6.07, 6.45) is 8.65. The van der Waals surface area contributed by atoms with Crippen molar-refractivity contribution >= 4 is 34.0 Å². The molecule has 0 saturated carbocycles. The second-order valence-electron chi connectivity index (χ2n) is 9.34. The van der Waals surface area contributed by atoms with E-state index in [1.54, 1.807) is 6.07 Å². The number of carbonyl (C=O) groups excluding carboxylic acids is 1. The molecule has 2 aromatic carbocycles. The molecule has 7 rings (SSSR count). The Bertz CT molecular complexity index is 1690. The molecule has 1 saturated heterocycles. The lowest BCUT2D eigenvalue weighted by Gasteiger charge is -2.33. The number of hydrogen-bond acceptors (Lipinski definition) is 5. The molecular formula is C26H20ClFN8O. The van der Waals surface area contributed by atoms with E-state index in [1.807, 2.05) is 35.5 Å². The first-order valence-corrected chi connectivity index (χ1v) is 12.3. The van der Waals surface area contributed by atoms with Gasteiger partial charge < -0.3 is 14.9 Å². The number of halogens is 2. The van der Waals surface area contributed by atoms with Gasteiger partial charge in [-0.2, -0.15) is 4.68 Å². The molecule has 2 N–H and O–H groups in total. The van der Waals surface area contributed by atoms with Crippen LogP contribution in [0.1, 0.15) is 36.7 Å². The van der Waals surface area contributed by atoms with Gasteiger partial charge in [0, 0.05) is 40.3 Å². The molecule has 11 heteroatoms. The van der Waals surface area contributed by atoms with Crippen LogP contribution in [0.15, 0.2) is 61.2 Å². The number of hydrogen-bond donors (Lipinski definition) is 2. The molecule has 1 amide bonds. The smallest absolute Gasteiger partial charge is 0.247 e. The van der Waals surface area contributed by atoms with Crippen molar-refractivity contribution in [2.75, 3.05) is 0 Å². The van der Waals surface area contributed by atoms with Crippen molar-refractivity contribution in [2.24, 2.45) is 0 Å². The number of aromatic nitrogens is 7. The number of H-pyrrole nitrogens is 2. The van der Waals surface area contributed by atoms with E-state index in [0.29, 0.717) is 17.7 Å². The largest absolute Gasteiger partial charge is 0.361 e. The maximum Gasteiger partial charge on any atom is 0.247 e. The summed E-state index contributed by atoms with van der Waals surface area (Å²) in [7, 11) is 0. The molecule has 0 bridgehead atoms. The lowest BCUT2D eigenvalue weighted by molar-refractivity contribution is -0.129. The quantitative estimate of drug-likeness (QED) is 0.356. The average molecular weight is 515 g/mol. The van der Waals surface area contributed by atoms with Crippen LogP contribution in [0.3, 0.4) is 0 Å². The Morgan fingerprint density at radius 3 is 2.92 bits per heavy atom. The summed E-state index contributed by atoms with van der Waals surface area (Å²) in [5.74, 6) is -0.0190. The van der Waals surface area contributed by atoms with Gasteiger partial charge in [-0.25, -0.2) is 9.37 Å². The van der Waals surface area contributed by atoms with E-state index in [0.717, 1.165) is 40.8 Å². The average Bonchev–Trinajstić information content (AvgIpc) is 3.71. The third kappa shape index (κ3) is 3.55. The predicted molar refractivity (Wildman–Crippen MR) is 135 cm³/mol. The summed E-state index contributed by atoms with van der Waals surface area (Å²) in [6, 6.07) is 11.1. The molecule has 5 heterocycles. The van der Waals surface area contributed by atoms with Crippen molar-refractivity contribution in [1.82, 2.24) is 40.1 Å². The topological polar surface area (TPSA) is 108 Å². The molecular weight excluding hydrogens is 495 g/mol. The van der Waals surface area contributed by atoms with E-state index in [2.05, 4.69) is 36.5 Å². The minimum absolute atomic E-state index is 0.0205. The Kier molecular flexibility index (Phi) is 4.97. The first kappa shape index (κ1) is 21.9. The summed E-state index contributed by atoms with van der Waals surface area (Å²) in [5.41, 5.74) is 4.26. The van der Waals surface area contributed by atoms with Crippen LogP contribution in [-0.2, 0) is 4.79 Å². The van der Waals surface area contributed by atoms with Gasteiger partial charge in [0.15, 0.2) is 5.82 Å². The molecule has 1 fully saturated rings. The van der Waals surface area contributed by atoms with Gasteiger partial charge in [-0.1, -0.05) is 17.7 Å². The number of nitrogens with zero attached hydrogens (tertiary/aromatic N) is 6. The number of aromatic amines is 2. The summed E-state index contributed by atoms with van der Waals surface area (Å²) in [5, 5.41) is 12.3. The van der Waals surface area contributed by atoms with Gasteiger partial charge >= 0.3 is 0 Å². The molecule has 2 atom stereocenters. The minimum Gasteiger partial charge on any atom is -0.361 e. The summed E-state index contributed by atoms with van der Waals surface area (Å²) < 4.78 is 16.7. The normalized spacial score (nSPS) is 19.5. The molecule has 184 valence electrons. The van der Waals surface area contributed by atoms with Crippen LogP contribution in [0.5, 0.6) is 0 Å². The molecule has 37 heavy (non-hydrogen) atoms. The van der Waals surface area contributed by atoms with Gasteiger partial charge in [0.1, 0.15) is 12.2 Å². The molecule has 9 nitrogen and oxygen atoms in total. The van der Waals surface area contributed by atoms with Gasteiger partial charge in [0.05, 0.1) is 28.6 Å². The number of rotatable bonds is 4. The standard InChI is InChI=1S/C26H20ClFN8O/c27-18-3-6-21(35-13-31-33-34-35)24(25(18)28)16-10-17-2-5-22(36(17)23(37)11-16)26-30-12-20(32-26)14-1-4-19-15(9-14)7-8-29-19/h1,3-4,6-9,11-13,17,22,29H,2,5,10H2,(H,30,32)/t17-,22+/m1/s1. The van der Waals surface area contributed by atoms with Crippen LogP contribution in [0, 0.1) is 5.82 Å². The van der Waals surface area contributed by atoms with Gasteiger partial charge in [-0.05, 0) is 65.6 Å². The molecule has 0 aliphatic carbocycles. The zero-order valence-electron chi connectivity index (χ0n) is 19.4. The zero-order chi connectivity index (χ0) is 25.1. The van der Waals surface area contributed by atoms with Crippen molar-refractivity contribution < 1.29 is 9.18 Å². The van der Waals surface area contributed by atoms with E-state index in [1.165, 1.54) is 23.2 Å². The zero-order valence-corrected chi connectivity index (χ0v) is 20.2. The van der Waals surface area contributed by atoms with Crippen molar-refractivity contribution in [1.29, 1.82) is 0 Å². The molecule has 5 aromatic rings. The highest BCUT2D eigenvalue weighted by Crippen LogP contribution is 2.44. The first-order chi connectivity index (χ1) is 18.1. The van der Waals surface area contributed by atoms with Gasteiger partial charge in [0.25, 0.3) is 0 Å². The molecule has 0 spiro atoms. The van der Waals surface area contributed by atoms with Crippen LogP contribution in [0.2, 0.25) is 5.02 Å². The fourth-order valence-corrected chi connectivity index (χ4v) is 5.74. The number of carbonyl (C=O) groups is 1. The number of imidazole rings is 1. The Balaban J connectivity index is 1.21. The SMILES string of the molecule is O=C1C=C(c2c(-n3cnnn3)ccc(Cl)c2F)C[C@H]2CC[C@@H](c3ncc(-c4ccc5[nH]ccc5c4)[nH]3)N12. The summed E-state index contributed by atoms with van der Waals surface area (Å²) in [4.78, 5) is 26.6. The molecule has 2 aliphatic heterocycles. The van der Waals surface area contributed by atoms with Crippen LogP contribution < -0.4 is 0 Å². The Morgan fingerprint density at radius 1 is 1.14 bits per heavy atom. The Morgan fingerprint density at radius 2 is 2.05 bits per heavy atom. The fourth-order valence-electron chi connectivity index (χ4n) is 5.58. The fraction of sp³-hybridized carbons (Fsp3) is 0.192. The number of amides is 1. The Hall–Kier alpha value is -4.31. The van der Waals surface area contributed by atoms with E-state index in [4.69, 9.17) is 11.6 Å². The minimum atomic E-state index is -0.591. The van der Waals surface area contributed by atoms with E-state index in [-0.39, 0.29) is 28.6 Å². The molecule has 0 unspecified atom stereocenters. The van der Waals surface area contributed by atoms with Crippen molar-refractivity contribution in [2.45, 2.75) is 31.3 Å². The van der Waals surface area contributed by atoms with Crippen LogP contribution in [-0.4, -0.2) is 52.0 Å². The highest BCUT2D eigenvalue weighted by atomic mass is 35.5. The van der Waals surface area contributed by atoms with Crippen LogP contribution in [0.4, 0.5) is 4.39 Å². The van der Waals surface area contributed by atoms with Gasteiger partial charge in [-0.3, -0.25) is 4.79 Å². The third-order valence-electron chi connectivity index (χ3n) is 7.28. The predicted octanol–water partition coefficient (Wildman–Crippen LogP) is 4.85. The molecule has 2 aliphatic rings. The lowest BCUT2D eigenvalue weighted by atomic mass is 9.92. The van der Waals surface area contributed by atoms with Gasteiger partial charge in [0.2, 0.25) is 5.91 Å². The maximum atomic E-state index is 15.3. The number of benzene rings is 2. The highest BCUT2D eigenvalue weighted by Gasteiger charge is 2.42. The maximum absolute atomic E-state index is 15.3.